The van der Waals surface area contributed by atoms with Crippen molar-refractivity contribution in [2.45, 2.75) is 74.1 Å². The van der Waals surface area contributed by atoms with Gasteiger partial charge < -0.3 is 0 Å². The highest BCUT2D eigenvalue weighted by Crippen LogP contribution is 2.65. The van der Waals surface area contributed by atoms with E-state index in [2.05, 4.69) is 48.5 Å². The first kappa shape index (κ1) is 14.4. The molecule has 0 nitrogen and oxygen atoms in total. The van der Waals surface area contributed by atoms with Gasteiger partial charge in [0.15, 0.2) is 0 Å². The fraction of sp³-hybridized carbons (Fsp3) is 1.00. The average molecular weight is 250 g/mol. The van der Waals surface area contributed by atoms with E-state index in [0.29, 0.717) is 10.8 Å². The van der Waals surface area contributed by atoms with Crippen molar-refractivity contribution in [1.29, 1.82) is 0 Å². The second-order valence-electron chi connectivity index (χ2n) is 8.26. The summed E-state index contributed by atoms with van der Waals surface area (Å²) in [6.45, 7) is 17.4. The van der Waals surface area contributed by atoms with E-state index in [1.165, 1.54) is 25.7 Å². The topological polar surface area (TPSA) is 0 Å². The molecule has 0 aromatic heterocycles. The third kappa shape index (κ3) is 1.95. The summed E-state index contributed by atoms with van der Waals surface area (Å²) in [7, 11) is 0. The van der Waals surface area contributed by atoms with Crippen molar-refractivity contribution < 1.29 is 0 Å². The molecular formula is C18H34. The molecule has 6 atom stereocenters. The van der Waals surface area contributed by atoms with Gasteiger partial charge in [-0.3, -0.25) is 0 Å². The lowest BCUT2D eigenvalue weighted by Crippen LogP contribution is -2.53. The molecule has 106 valence electrons. The van der Waals surface area contributed by atoms with Crippen molar-refractivity contribution in [2.24, 2.45) is 40.4 Å². The molecule has 0 heteroatoms. The van der Waals surface area contributed by atoms with Crippen molar-refractivity contribution >= 4 is 0 Å². The Bertz CT molecular complexity index is 303. The minimum Gasteiger partial charge on any atom is -0.0651 e. The fourth-order valence-corrected chi connectivity index (χ4v) is 5.13. The Kier molecular flexibility index (Phi) is 3.63. The number of hydrogen-bond donors (Lipinski definition) is 0. The Morgan fingerprint density at radius 3 is 2.06 bits per heavy atom. The standard InChI is InChI=1S/C18H34/c1-8-14-10-18(7,13(14)4)17(5,6)11-16-12(3)15(16)9-2/h12-16H,8-11H2,1-7H3. The van der Waals surface area contributed by atoms with Gasteiger partial charge in [0.25, 0.3) is 0 Å². The van der Waals surface area contributed by atoms with Crippen LogP contribution in [0, 0.1) is 40.4 Å². The zero-order chi connectivity index (χ0) is 13.7. The fourth-order valence-electron chi connectivity index (χ4n) is 5.13. The van der Waals surface area contributed by atoms with Gasteiger partial charge in [0.1, 0.15) is 0 Å². The highest BCUT2D eigenvalue weighted by atomic mass is 14.6. The zero-order valence-electron chi connectivity index (χ0n) is 13.7. The summed E-state index contributed by atoms with van der Waals surface area (Å²) >= 11 is 0. The summed E-state index contributed by atoms with van der Waals surface area (Å²) in [6.07, 6.45) is 5.70. The summed E-state index contributed by atoms with van der Waals surface area (Å²) in [4.78, 5) is 0. The van der Waals surface area contributed by atoms with Gasteiger partial charge in [-0.25, -0.2) is 0 Å². The summed E-state index contributed by atoms with van der Waals surface area (Å²) in [5.41, 5.74) is 1.12. The van der Waals surface area contributed by atoms with Gasteiger partial charge in [0.05, 0.1) is 0 Å². The molecule has 2 fully saturated rings. The van der Waals surface area contributed by atoms with Crippen LogP contribution >= 0.6 is 0 Å². The van der Waals surface area contributed by atoms with Crippen LogP contribution in [-0.4, -0.2) is 0 Å². The van der Waals surface area contributed by atoms with Crippen LogP contribution in [-0.2, 0) is 0 Å². The first-order chi connectivity index (χ1) is 8.28. The van der Waals surface area contributed by atoms with E-state index in [1.807, 2.05) is 0 Å². The molecule has 0 bridgehead atoms. The third-order valence-electron chi connectivity index (χ3n) is 7.45. The first-order valence-corrected chi connectivity index (χ1v) is 8.28. The van der Waals surface area contributed by atoms with Gasteiger partial charge in [0, 0.05) is 0 Å². The van der Waals surface area contributed by atoms with Crippen LogP contribution in [0.1, 0.15) is 74.1 Å². The van der Waals surface area contributed by atoms with Gasteiger partial charge in [-0.05, 0) is 53.3 Å². The highest BCUT2D eigenvalue weighted by molar-refractivity contribution is 5.07. The summed E-state index contributed by atoms with van der Waals surface area (Å²) < 4.78 is 0. The maximum atomic E-state index is 2.57. The molecule has 2 rings (SSSR count). The van der Waals surface area contributed by atoms with Gasteiger partial charge in [0.2, 0.25) is 0 Å². The van der Waals surface area contributed by atoms with Crippen molar-refractivity contribution in [3.05, 3.63) is 0 Å². The predicted octanol–water partition coefficient (Wildman–Crippen LogP) is 5.77. The van der Waals surface area contributed by atoms with Crippen LogP contribution < -0.4 is 0 Å². The van der Waals surface area contributed by atoms with E-state index in [4.69, 9.17) is 0 Å². The molecule has 2 aliphatic carbocycles. The predicted molar refractivity (Wildman–Crippen MR) is 80.5 cm³/mol. The van der Waals surface area contributed by atoms with E-state index in [1.54, 1.807) is 0 Å². The lowest BCUT2D eigenvalue weighted by Gasteiger charge is -2.61. The number of hydrogen-bond acceptors (Lipinski definition) is 0. The van der Waals surface area contributed by atoms with Gasteiger partial charge in [-0.15, -0.1) is 0 Å². The Labute approximate surface area is 115 Å². The molecule has 0 aliphatic heterocycles. The second kappa shape index (κ2) is 4.53. The van der Waals surface area contributed by atoms with E-state index in [-0.39, 0.29) is 0 Å². The number of rotatable bonds is 5. The van der Waals surface area contributed by atoms with Crippen LogP contribution in [0.5, 0.6) is 0 Å². The lowest BCUT2D eigenvalue weighted by atomic mass is 9.44. The largest absolute Gasteiger partial charge is 0.0651 e. The average Bonchev–Trinajstić information content (AvgIpc) is 2.93. The Morgan fingerprint density at radius 2 is 1.67 bits per heavy atom. The maximum absolute atomic E-state index is 2.57. The van der Waals surface area contributed by atoms with Crippen molar-refractivity contribution in [1.82, 2.24) is 0 Å². The molecule has 0 spiro atoms. The summed E-state index contributed by atoms with van der Waals surface area (Å²) in [5.74, 6) is 4.97. The quantitative estimate of drug-likeness (QED) is 0.581. The molecule has 18 heavy (non-hydrogen) atoms. The Morgan fingerprint density at radius 1 is 1.06 bits per heavy atom. The monoisotopic (exact) mass is 250 g/mol. The maximum Gasteiger partial charge on any atom is -0.0243 e. The first-order valence-electron chi connectivity index (χ1n) is 8.28. The van der Waals surface area contributed by atoms with Gasteiger partial charge in [-0.1, -0.05) is 61.3 Å². The third-order valence-corrected chi connectivity index (χ3v) is 7.45. The molecule has 0 aromatic rings. The van der Waals surface area contributed by atoms with Crippen molar-refractivity contribution in [3.8, 4) is 0 Å². The van der Waals surface area contributed by atoms with Crippen LogP contribution in [0.15, 0.2) is 0 Å². The van der Waals surface area contributed by atoms with Gasteiger partial charge in [-0.2, -0.15) is 0 Å². The minimum atomic E-state index is 0.529. The van der Waals surface area contributed by atoms with E-state index < -0.39 is 0 Å². The molecule has 0 amide bonds. The second-order valence-corrected chi connectivity index (χ2v) is 8.26. The van der Waals surface area contributed by atoms with E-state index in [9.17, 15) is 0 Å². The highest BCUT2D eigenvalue weighted by Gasteiger charge is 2.58. The lowest BCUT2D eigenvalue weighted by molar-refractivity contribution is -0.116. The van der Waals surface area contributed by atoms with Gasteiger partial charge >= 0.3 is 0 Å². The molecule has 0 saturated heterocycles. The van der Waals surface area contributed by atoms with E-state index in [0.717, 1.165) is 29.6 Å². The Hall–Kier alpha value is 0. The molecule has 2 saturated carbocycles. The van der Waals surface area contributed by atoms with Crippen LogP contribution in [0.4, 0.5) is 0 Å². The SMILES string of the molecule is CCC1CC(C)(C(C)(C)CC2C(C)C2CC)C1C. The minimum absolute atomic E-state index is 0.529. The normalized spacial score (nSPS) is 47.8. The summed E-state index contributed by atoms with van der Waals surface area (Å²) in [6, 6.07) is 0. The summed E-state index contributed by atoms with van der Waals surface area (Å²) in [5, 5.41) is 0. The zero-order valence-corrected chi connectivity index (χ0v) is 13.7. The van der Waals surface area contributed by atoms with Crippen molar-refractivity contribution in [2.75, 3.05) is 0 Å². The molecular weight excluding hydrogens is 216 g/mol. The van der Waals surface area contributed by atoms with E-state index >= 15 is 0 Å². The molecule has 2 aliphatic rings. The molecule has 6 unspecified atom stereocenters. The Balaban J connectivity index is 1.99. The molecule has 0 aromatic carbocycles. The van der Waals surface area contributed by atoms with Crippen LogP contribution in [0.3, 0.4) is 0 Å². The van der Waals surface area contributed by atoms with Crippen LogP contribution in [0.25, 0.3) is 0 Å². The molecule has 0 radical (unpaired) electrons. The van der Waals surface area contributed by atoms with Crippen LogP contribution in [0.2, 0.25) is 0 Å². The molecule has 0 heterocycles. The van der Waals surface area contributed by atoms with Crippen molar-refractivity contribution in [3.63, 3.8) is 0 Å². The smallest absolute Gasteiger partial charge is 0.0243 e. The molecule has 0 N–H and O–H groups in total.